The Morgan fingerprint density at radius 2 is 1.67 bits per heavy atom. The summed E-state index contributed by atoms with van der Waals surface area (Å²) in [6.07, 6.45) is 19.4. The van der Waals surface area contributed by atoms with Crippen LogP contribution in [0.2, 0.25) is 0 Å². The lowest BCUT2D eigenvalue weighted by Crippen LogP contribution is -2.52. The first-order chi connectivity index (χ1) is 19.0. The van der Waals surface area contributed by atoms with E-state index in [1.54, 1.807) is 4.90 Å². The number of carbonyl (C=O) groups is 2. The van der Waals surface area contributed by atoms with Crippen molar-refractivity contribution in [1.29, 1.82) is 0 Å². The van der Waals surface area contributed by atoms with Gasteiger partial charge in [0, 0.05) is 48.2 Å². The van der Waals surface area contributed by atoms with Crippen LogP contribution in [0.4, 0.5) is 0 Å². The van der Waals surface area contributed by atoms with Crippen LogP contribution in [0.15, 0.2) is 47.9 Å². The Bertz CT molecular complexity index is 1180. The number of likely N-dealkylation sites (tertiary alicyclic amines) is 1. The summed E-state index contributed by atoms with van der Waals surface area (Å²) in [5.74, 6) is 2.35. The number of rotatable bonds is 9. The molecule has 2 heterocycles. The number of allylic oxidation sites excluding steroid dienone is 2. The summed E-state index contributed by atoms with van der Waals surface area (Å²) in [5, 5.41) is 2.44. The molecule has 0 N–H and O–H groups in total. The highest BCUT2D eigenvalue weighted by atomic mass is 16.3. The number of benzene rings is 1. The minimum absolute atomic E-state index is 0.00404. The molecule has 1 aromatic heterocycles. The molecule has 0 bridgehead atoms. The molecule has 0 radical (unpaired) electrons. The molecule has 1 saturated heterocycles. The fourth-order valence-corrected chi connectivity index (χ4v) is 6.69. The first kappa shape index (κ1) is 27.4. The van der Waals surface area contributed by atoms with E-state index < -0.39 is 11.8 Å². The predicted molar refractivity (Wildman–Crippen MR) is 152 cm³/mol. The van der Waals surface area contributed by atoms with Crippen LogP contribution in [-0.4, -0.2) is 39.8 Å². The van der Waals surface area contributed by atoms with Crippen molar-refractivity contribution in [3.05, 3.63) is 58.8 Å². The number of hydrogen-bond acceptors (Lipinski definition) is 5. The molecule has 1 saturated carbocycles. The lowest BCUT2D eigenvalue weighted by atomic mass is 9.70. The van der Waals surface area contributed by atoms with Gasteiger partial charge in [-0.1, -0.05) is 62.9 Å². The summed E-state index contributed by atoms with van der Waals surface area (Å²) in [5.41, 5.74) is 4.54. The molecule has 1 aliphatic heterocycles. The number of aryl methyl sites for hydroxylation is 1. The van der Waals surface area contributed by atoms with Gasteiger partial charge in [-0.25, -0.2) is 9.97 Å². The molecule has 3 aliphatic rings. The average molecular weight is 529 g/mol. The number of carbonyl (C=O) groups excluding carboxylic acids is 2. The zero-order valence-corrected chi connectivity index (χ0v) is 23.1. The molecule has 7 nitrogen and oxygen atoms in total. The van der Waals surface area contributed by atoms with Crippen LogP contribution in [0.5, 0.6) is 0 Å². The summed E-state index contributed by atoms with van der Waals surface area (Å²) >= 11 is 0. The van der Waals surface area contributed by atoms with E-state index in [0.717, 1.165) is 40.9 Å². The van der Waals surface area contributed by atoms with Crippen molar-refractivity contribution < 1.29 is 9.59 Å². The van der Waals surface area contributed by atoms with Crippen LogP contribution in [0, 0.1) is 28.6 Å². The number of nitrogens with zero attached hydrogens (tertiary/aromatic N) is 4. The fraction of sp³-hybridized carbons (Fsp3) is 0.562. The normalized spacial score (nSPS) is 23.6. The van der Waals surface area contributed by atoms with E-state index >= 15 is 0 Å². The predicted octanol–water partition coefficient (Wildman–Crippen LogP) is 6.62. The Labute approximate surface area is 231 Å². The number of aromatic nitrogens is 2. The van der Waals surface area contributed by atoms with Crippen LogP contribution in [0.25, 0.3) is 17.0 Å². The molecule has 2 aliphatic carbocycles. The topological polar surface area (TPSA) is 92.6 Å². The van der Waals surface area contributed by atoms with E-state index in [4.69, 9.17) is 0 Å². The lowest BCUT2D eigenvalue weighted by Gasteiger charge is -2.36. The molecule has 5 rings (SSSR count). The van der Waals surface area contributed by atoms with Crippen LogP contribution in [0.3, 0.4) is 0 Å². The smallest absolute Gasteiger partial charge is 0.292 e. The van der Waals surface area contributed by atoms with Crippen LogP contribution in [-0.2, 0) is 16.0 Å². The van der Waals surface area contributed by atoms with Crippen molar-refractivity contribution >= 4 is 17.4 Å². The second-order valence-corrected chi connectivity index (χ2v) is 11.8. The molecule has 1 atom stereocenters. The fourth-order valence-electron chi connectivity index (χ4n) is 6.69. The van der Waals surface area contributed by atoms with Crippen molar-refractivity contribution in [1.82, 2.24) is 14.9 Å². The average Bonchev–Trinajstić information content (AvgIpc) is 2.96. The van der Waals surface area contributed by atoms with Crippen molar-refractivity contribution in [2.75, 3.05) is 13.1 Å². The minimum Gasteiger partial charge on any atom is -0.341 e. The van der Waals surface area contributed by atoms with Crippen molar-refractivity contribution in [2.45, 2.75) is 77.6 Å². The summed E-state index contributed by atoms with van der Waals surface area (Å²) in [4.78, 5) is 44.8. The van der Waals surface area contributed by atoms with Gasteiger partial charge in [0.15, 0.2) is 5.82 Å². The summed E-state index contributed by atoms with van der Waals surface area (Å²) in [6, 6.07) is 8.03. The van der Waals surface area contributed by atoms with Crippen LogP contribution < -0.4 is 0 Å². The largest absolute Gasteiger partial charge is 0.341 e. The highest BCUT2D eigenvalue weighted by Crippen LogP contribution is 2.42. The van der Waals surface area contributed by atoms with E-state index in [2.05, 4.69) is 28.1 Å². The molecule has 0 spiro atoms. The Kier molecular flexibility index (Phi) is 8.95. The number of hydrogen-bond donors (Lipinski definition) is 0. The van der Waals surface area contributed by atoms with Gasteiger partial charge in [0.1, 0.15) is 0 Å². The summed E-state index contributed by atoms with van der Waals surface area (Å²) < 4.78 is 0. The second kappa shape index (κ2) is 12.8. The van der Waals surface area contributed by atoms with Gasteiger partial charge in [-0.3, -0.25) is 9.59 Å². The Morgan fingerprint density at radius 3 is 2.28 bits per heavy atom. The minimum atomic E-state index is -0.663. The molecular formula is C32H40N4O3. The maximum absolute atomic E-state index is 12.3. The number of nitroso groups, excluding NO2 is 1. The third kappa shape index (κ3) is 6.68. The van der Waals surface area contributed by atoms with Gasteiger partial charge in [-0.15, -0.1) is 4.91 Å². The number of amides is 2. The van der Waals surface area contributed by atoms with E-state index in [1.807, 2.05) is 36.7 Å². The molecule has 39 heavy (non-hydrogen) atoms. The molecule has 2 amide bonds. The maximum Gasteiger partial charge on any atom is 0.292 e. The molecule has 2 aromatic rings. The molecule has 2 fully saturated rings. The highest BCUT2D eigenvalue weighted by molar-refractivity contribution is 5.84. The Morgan fingerprint density at radius 1 is 0.949 bits per heavy atom. The second-order valence-electron chi connectivity index (χ2n) is 11.8. The van der Waals surface area contributed by atoms with E-state index in [1.165, 1.54) is 56.9 Å². The highest BCUT2D eigenvalue weighted by Gasteiger charge is 2.36. The molecule has 1 aromatic carbocycles. The third-order valence-electron chi connectivity index (χ3n) is 9.24. The van der Waals surface area contributed by atoms with Gasteiger partial charge in [0.05, 0.1) is 5.92 Å². The van der Waals surface area contributed by atoms with Crippen molar-refractivity contribution in [3.8, 4) is 11.4 Å². The molecule has 7 heteroatoms. The maximum atomic E-state index is 12.3. The first-order valence-corrected chi connectivity index (χ1v) is 14.8. The Balaban J connectivity index is 1.09. The van der Waals surface area contributed by atoms with E-state index in [9.17, 15) is 14.5 Å². The van der Waals surface area contributed by atoms with Gasteiger partial charge < -0.3 is 4.90 Å². The zero-order valence-electron chi connectivity index (χ0n) is 23.1. The lowest BCUT2D eigenvalue weighted by molar-refractivity contribution is -0.141. The standard InChI is InChI=1S/C32H40N4O3/c1-2-3-22-4-9-24(10-5-22)25-13-15-26(16-14-25)28-18-33-31(34-19-28)27-11-6-23(7-12-27)8-17-30(37)36-20-29(21-36)32(38)35-39/h6-7,11-12,15,18-19,22,24-25,29H,2-5,8-10,13-14,16-17,20-21H2,1H3. The van der Waals surface area contributed by atoms with Gasteiger partial charge >= 0.3 is 0 Å². The van der Waals surface area contributed by atoms with Gasteiger partial charge in [0.25, 0.3) is 5.91 Å². The van der Waals surface area contributed by atoms with Gasteiger partial charge in [0.2, 0.25) is 5.91 Å². The molecule has 1 unspecified atom stereocenters. The monoisotopic (exact) mass is 528 g/mol. The molecular weight excluding hydrogens is 488 g/mol. The SMILES string of the molecule is CCCC1CCC(C2CC=C(c3cnc(-c4ccc(CCC(=O)N5CC(C(=O)N=O)C5)cc4)nc3)CC2)CC1. The van der Waals surface area contributed by atoms with Crippen molar-refractivity contribution in [3.63, 3.8) is 0 Å². The van der Waals surface area contributed by atoms with Gasteiger partial charge in [-0.2, -0.15) is 0 Å². The Hall–Kier alpha value is -3.22. The van der Waals surface area contributed by atoms with Gasteiger partial charge in [-0.05, 0) is 67.4 Å². The summed E-state index contributed by atoms with van der Waals surface area (Å²) in [7, 11) is 0. The van der Waals surface area contributed by atoms with E-state index in [0.29, 0.717) is 31.8 Å². The molecule has 206 valence electrons. The third-order valence-corrected chi connectivity index (χ3v) is 9.24. The first-order valence-electron chi connectivity index (χ1n) is 14.8. The zero-order chi connectivity index (χ0) is 27.2. The quantitative estimate of drug-likeness (QED) is 0.341. The van der Waals surface area contributed by atoms with E-state index in [-0.39, 0.29) is 5.91 Å². The van der Waals surface area contributed by atoms with Crippen LogP contribution in [0.1, 0.15) is 82.3 Å². The van der Waals surface area contributed by atoms with Crippen LogP contribution >= 0.6 is 0 Å². The summed E-state index contributed by atoms with van der Waals surface area (Å²) in [6.45, 7) is 2.91. The van der Waals surface area contributed by atoms with Crippen molar-refractivity contribution in [2.24, 2.45) is 28.8 Å².